The van der Waals surface area contributed by atoms with Crippen molar-refractivity contribution in [2.45, 2.75) is 6.18 Å². The van der Waals surface area contributed by atoms with E-state index in [1.165, 1.54) is 12.1 Å². The first-order chi connectivity index (χ1) is 8.41. The average Bonchev–Trinajstić information content (AvgIpc) is 2.78. The third-order valence-corrected chi connectivity index (χ3v) is 2.13. The lowest BCUT2D eigenvalue weighted by atomic mass is 10.3. The maximum Gasteiger partial charge on any atom is 0.435 e. The smallest absolute Gasteiger partial charge is 0.396 e. The molecule has 0 aromatic carbocycles. The molecule has 0 aliphatic heterocycles. The molecule has 18 heavy (non-hydrogen) atoms. The monoisotopic (exact) mass is 253 g/mol. The highest BCUT2D eigenvalue weighted by Gasteiger charge is 2.33. The molecule has 0 saturated heterocycles. The molecule has 2 heterocycles. The zero-order chi connectivity index (χ0) is 13.3. The molecule has 92 valence electrons. The van der Waals surface area contributed by atoms with Crippen molar-refractivity contribution in [3.63, 3.8) is 0 Å². The molecule has 2 N–H and O–H groups in total. The first-order valence-electron chi connectivity index (χ1n) is 4.71. The van der Waals surface area contributed by atoms with Crippen LogP contribution >= 0.6 is 0 Å². The van der Waals surface area contributed by atoms with Crippen LogP contribution in [0.2, 0.25) is 0 Å². The number of aromatic nitrogens is 3. The highest BCUT2D eigenvalue weighted by atomic mass is 19.4. The molecule has 5 nitrogen and oxygen atoms in total. The zero-order valence-electron chi connectivity index (χ0n) is 8.81. The maximum atomic E-state index is 12.4. The van der Waals surface area contributed by atoms with E-state index in [9.17, 15) is 13.2 Å². The SMILES string of the molecule is N#Cc1nc(-n2ccc(C(F)(F)F)n2)ccc1N. The summed E-state index contributed by atoms with van der Waals surface area (Å²) >= 11 is 0. The van der Waals surface area contributed by atoms with E-state index >= 15 is 0 Å². The second kappa shape index (κ2) is 4.03. The van der Waals surface area contributed by atoms with E-state index in [1.807, 2.05) is 0 Å². The van der Waals surface area contributed by atoms with Crippen molar-refractivity contribution in [3.05, 3.63) is 35.8 Å². The van der Waals surface area contributed by atoms with Gasteiger partial charge in [0.2, 0.25) is 0 Å². The molecule has 0 aliphatic carbocycles. The third kappa shape index (κ3) is 2.10. The summed E-state index contributed by atoms with van der Waals surface area (Å²) in [5.74, 6) is 0.0938. The Morgan fingerprint density at radius 2 is 2.00 bits per heavy atom. The second-order valence-corrected chi connectivity index (χ2v) is 3.36. The van der Waals surface area contributed by atoms with Crippen molar-refractivity contribution >= 4 is 5.69 Å². The highest BCUT2D eigenvalue weighted by molar-refractivity contribution is 5.51. The average molecular weight is 253 g/mol. The lowest BCUT2D eigenvalue weighted by Gasteiger charge is -2.03. The van der Waals surface area contributed by atoms with E-state index < -0.39 is 11.9 Å². The maximum absolute atomic E-state index is 12.4. The van der Waals surface area contributed by atoms with Crippen molar-refractivity contribution in [1.29, 1.82) is 5.26 Å². The Morgan fingerprint density at radius 3 is 2.56 bits per heavy atom. The van der Waals surface area contributed by atoms with Gasteiger partial charge in [-0.2, -0.15) is 23.5 Å². The number of rotatable bonds is 1. The Morgan fingerprint density at radius 1 is 1.28 bits per heavy atom. The minimum atomic E-state index is -4.52. The van der Waals surface area contributed by atoms with Crippen LogP contribution < -0.4 is 5.73 Å². The Balaban J connectivity index is 2.44. The van der Waals surface area contributed by atoms with Gasteiger partial charge in [-0.25, -0.2) is 9.67 Å². The first kappa shape index (κ1) is 11.9. The number of hydrogen-bond acceptors (Lipinski definition) is 4. The topological polar surface area (TPSA) is 80.5 Å². The fourth-order valence-corrected chi connectivity index (χ4v) is 1.28. The van der Waals surface area contributed by atoms with E-state index in [2.05, 4.69) is 10.1 Å². The standard InChI is InChI=1S/C10H6F3N5/c11-10(12,13)8-3-4-18(17-8)9-2-1-6(15)7(5-14)16-9/h1-4H,15H2. The predicted molar refractivity (Wildman–Crippen MR) is 55.5 cm³/mol. The number of anilines is 1. The molecule has 0 aliphatic rings. The van der Waals surface area contributed by atoms with E-state index in [0.717, 1.165) is 16.9 Å². The van der Waals surface area contributed by atoms with E-state index in [1.54, 1.807) is 6.07 Å². The van der Waals surface area contributed by atoms with Crippen molar-refractivity contribution in [3.8, 4) is 11.9 Å². The zero-order valence-corrected chi connectivity index (χ0v) is 8.81. The van der Waals surface area contributed by atoms with Gasteiger partial charge in [-0.15, -0.1) is 0 Å². The molecule has 2 rings (SSSR count). The van der Waals surface area contributed by atoms with E-state index in [0.29, 0.717) is 0 Å². The number of halogens is 3. The van der Waals surface area contributed by atoms with Gasteiger partial charge in [-0.3, -0.25) is 0 Å². The van der Waals surface area contributed by atoms with Gasteiger partial charge in [0.25, 0.3) is 0 Å². The van der Waals surface area contributed by atoms with E-state index in [-0.39, 0.29) is 17.2 Å². The summed E-state index contributed by atoms with van der Waals surface area (Å²) in [5.41, 5.74) is 4.53. The van der Waals surface area contributed by atoms with Crippen LogP contribution in [-0.4, -0.2) is 14.8 Å². The number of hydrogen-bond donors (Lipinski definition) is 1. The van der Waals surface area contributed by atoms with Gasteiger partial charge in [0.15, 0.2) is 17.2 Å². The molecule has 2 aromatic heterocycles. The minimum Gasteiger partial charge on any atom is -0.396 e. The molecule has 0 amide bonds. The van der Waals surface area contributed by atoms with Crippen molar-refractivity contribution in [2.75, 3.05) is 5.73 Å². The van der Waals surface area contributed by atoms with E-state index in [4.69, 9.17) is 11.0 Å². The normalized spacial score (nSPS) is 11.2. The lowest BCUT2D eigenvalue weighted by molar-refractivity contribution is -0.141. The molecular weight excluding hydrogens is 247 g/mol. The lowest BCUT2D eigenvalue weighted by Crippen LogP contribution is -2.08. The highest BCUT2D eigenvalue weighted by Crippen LogP contribution is 2.27. The van der Waals surface area contributed by atoms with Crippen LogP contribution in [0, 0.1) is 11.3 Å². The molecule has 0 bridgehead atoms. The molecule has 0 saturated carbocycles. The van der Waals surface area contributed by atoms with Gasteiger partial charge < -0.3 is 5.73 Å². The van der Waals surface area contributed by atoms with Crippen LogP contribution in [0.4, 0.5) is 18.9 Å². The molecule has 2 aromatic rings. The van der Waals surface area contributed by atoms with Crippen LogP contribution in [0.15, 0.2) is 24.4 Å². The molecule has 0 spiro atoms. The Hall–Kier alpha value is -2.56. The fraction of sp³-hybridized carbons (Fsp3) is 0.100. The Kier molecular flexibility index (Phi) is 2.67. The van der Waals surface area contributed by atoms with Gasteiger partial charge in [-0.05, 0) is 18.2 Å². The summed E-state index contributed by atoms with van der Waals surface area (Å²) < 4.78 is 38.0. The van der Waals surface area contributed by atoms with Crippen LogP contribution in [0.25, 0.3) is 5.82 Å². The van der Waals surface area contributed by atoms with Gasteiger partial charge in [0.1, 0.15) is 6.07 Å². The van der Waals surface area contributed by atoms with Crippen LogP contribution in [0.3, 0.4) is 0 Å². The fourth-order valence-electron chi connectivity index (χ4n) is 1.28. The molecule has 0 radical (unpaired) electrons. The minimum absolute atomic E-state index is 0.0587. The van der Waals surface area contributed by atoms with Gasteiger partial charge in [0.05, 0.1) is 5.69 Å². The number of nitrogens with two attached hydrogens (primary N) is 1. The second-order valence-electron chi connectivity index (χ2n) is 3.36. The molecule has 8 heteroatoms. The summed E-state index contributed by atoms with van der Waals surface area (Å²) in [5, 5.41) is 12.1. The summed E-state index contributed by atoms with van der Waals surface area (Å²) in [4.78, 5) is 3.80. The number of alkyl halides is 3. The Bertz CT molecular complexity index is 623. The summed E-state index contributed by atoms with van der Waals surface area (Å²) in [6.45, 7) is 0. The van der Waals surface area contributed by atoms with Gasteiger partial charge in [-0.1, -0.05) is 0 Å². The van der Waals surface area contributed by atoms with Crippen LogP contribution in [0.1, 0.15) is 11.4 Å². The number of pyridine rings is 1. The van der Waals surface area contributed by atoms with Crippen molar-refractivity contribution < 1.29 is 13.2 Å². The van der Waals surface area contributed by atoms with Crippen molar-refractivity contribution in [1.82, 2.24) is 14.8 Å². The number of nitriles is 1. The number of nitrogen functional groups attached to an aromatic ring is 1. The first-order valence-corrected chi connectivity index (χ1v) is 4.71. The van der Waals surface area contributed by atoms with Crippen LogP contribution in [0.5, 0.6) is 0 Å². The largest absolute Gasteiger partial charge is 0.435 e. The quantitative estimate of drug-likeness (QED) is 0.839. The summed E-state index contributed by atoms with van der Waals surface area (Å²) in [7, 11) is 0. The van der Waals surface area contributed by atoms with Crippen LogP contribution in [-0.2, 0) is 6.18 Å². The predicted octanol–water partition coefficient (Wildman–Crippen LogP) is 1.74. The van der Waals surface area contributed by atoms with Gasteiger partial charge >= 0.3 is 6.18 Å². The molecular formula is C10H6F3N5. The van der Waals surface area contributed by atoms with Crippen molar-refractivity contribution in [2.24, 2.45) is 0 Å². The summed E-state index contributed by atoms with van der Waals surface area (Å²) in [6.07, 6.45) is -3.40. The molecule has 0 atom stereocenters. The Labute approximate surface area is 99.3 Å². The van der Waals surface area contributed by atoms with Gasteiger partial charge in [0, 0.05) is 6.20 Å². The third-order valence-electron chi connectivity index (χ3n) is 2.13. The molecule has 0 fully saturated rings. The number of nitrogens with zero attached hydrogens (tertiary/aromatic N) is 4. The summed E-state index contributed by atoms with van der Waals surface area (Å²) in [6, 6.07) is 5.33. The molecule has 0 unspecified atom stereocenters.